The summed E-state index contributed by atoms with van der Waals surface area (Å²) in [5, 5.41) is 3.42. The maximum absolute atomic E-state index is 11.9. The molecule has 41 heavy (non-hydrogen) atoms. The second kappa shape index (κ2) is 11.0. The molecule has 2 aromatic heterocycles. The summed E-state index contributed by atoms with van der Waals surface area (Å²) in [7, 11) is -2.21. The second-order valence-corrected chi connectivity index (χ2v) is 13.5. The van der Waals surface area contributed by atoms with Crippen LogP contribution >= 0.6 is 11.6 Å². The van der Waals surface area contributed by atoms with Crippen molar-refractivity contribution in [1.82, 2.24) is 20.3 Å². The predicted octanol–water partition coefficient (Wildman–Crippen LogP) is 7.47. The molecule has 0 saturated heterocycles. The summed E-state index contributed by atoms with van der Waals surface area (Å²) in [6, 6.07) is 25.1. The fourth-order valence-corrected chi connectivity index (χ4v) is 5.39. The Kier molecular flexibility index (Phi) is 7.59. The van der Waals surface area contributed by atoms with Crippen LogP contribution in [0.25, 0.3) is 33.5 Å². The molecule has 5 aromatic rings. The number of hydrogen-bond donors (Lipinski definition) is 2. The van der Waals surface area contributed by atoms with Crippen molar-refractivity contribution in [1.29, 1.82) is 0 Å². The molecule has 0 aliphatic carbocycles. The van der Waals surface area contributed by atoms with E-state index in [0.29, 0.717) is 39.3 Å². The van der Waals surface area contributed by atoms with E-state index in [2.05, 4.69) is 19.6 Å². The standard InChI is InChI=1S/C31H30ClN5O3S/c1-19(38)36-31(2,3)23-12-16-25(17-13-23)40-30-33-27-18-26(32)28(34-29(27)35-30)22-8-6-20(7-9-22)21-10-14-24(15-11-21)37-41(4,5)39/h6-18H,1-5H3,(H,36,38)(H,33,34,35). The van der Waals surface area contributed by atoms with Crippen LogP contribution in [-0.4, -0.2) is 37.6 Å². The lowest BCUT2D eigenvalue weighted by Gasteiger charge is -2.26. The highest BCUT2D eigenvalue weighted by Gasteiger charge is 2.21. The number of amides is 1. The van der Waals surface area contributed by atoms with E-state index in [9.17, 15) is 9.00 Å². The molecule has 2 heterocycles. The topological polar surface area (TPSA) is 109 Å². The van der Waals surface area contributed by atoms with Crippen LogP contribution in [0.4, 0.5) is 5.69 Å². The molecule has 0 aliphatic heterocycles. The van der Waals surface area contributed by atoms with Gasteiger partial charge in [-0.05, 0) is 60.9 Å². The average Bonchev–Trinajstić information content (AvgIpc) is 3.28. The summed E-state index contributed by atoms with van der Waals surface area (Å²) >= 11 is 6.62. The van der Waals surface area contributed by atoms with Gasteiger partial charge in [0, 0.05) is 34.7 Å². The first-order chi connectivity index (χ1) is 19.4. The molecule has 0 atom stereocenters. The van der Waals surface area contributed by atoms with Gasteiger partial charge in [0.25, 0.3) is 0 Å². The Hall–Kier alpha value is -4.21. The number of ether oxygens (including phenoxy) is 1. The van der Waals surface area contributed by atoms with Crippen molar-refractivity contribution in [2.24, 2.45) is 4.36 Å². The van der Waals surface area contributed by atoms with Crippen molar-refractivity contribution >= 4 is 44.1 Å². The van der Waals surface area contributed by atoms with Crippen LogP contribution in [-0.2, 0) is 20.1 Å². The number of hydrogen-bond acceptors (Lipinski definition) is 6. The minimum absolute atomic E-state index is 0.0941. The number of aromatic amines is 1. The molecule has 1 amide bonds. The van der Waals surface area contributed by atoms with Crippen LogP contribution in [0.15, 0.2) is 83.2 Å². The molecule has 0 spiro atoms. The maximum atomic E-state index is 11.9. The first kappa shape index (κ1) is 28.3. The third-order valence-electron chi connectivity index (χ3n) is 6.37. The lowest BCUT2D eigenvalue weighted by atomic mass is 9.94. The van der Waals surface area contributed by atoms with E-state index in [-0.39, 0.29) is 5.91 Å². The second-order valence-electron chi connectivity index (χ2n) is 10.6. The Bertz CT molecular complexity index is 1850. The highest BCUT2D eigenvalue weighted by Crippen LogP contribution is 2.32. The van der Waals surface area contributed by atoms with Crippen molar-refractivity contribution in [2.75, 3.05) is 12.5 Å². The number of H-pyrrole nitrogens is 1. The highest BCUT2D eigenvalue weighted by atomic mass is 35.5. The fraction of sp³-hybridized carbons (Fsp3) is 0.194. The van der Waals surface area contributed by atoms with E-state index < -0.39 is 15.3 Å². The number of imidazole rings is 1. The largest absolute Gasteiger partial charge is 0.426 e. The molecule has 5 rings (SSSR count). The number of nitrogens with one attached hydrogen (secondary N) is 2. The third kappa shape index (κ3) is 6.75. The van der Waals surface area contributed by atoms with Gasteiger partial charge in [-0.1, -0.05) is 60.1 Å². The first-order valence-electron chi connectivity index (χ1n) is 12.9. The van der Waals surface area contributed by atoms with E-state index >= 15 is 0 Å². The lowest BCUT2D eigenvalue weighted by molar-refractivity contribution is -0.120. The zero-order valence-corrected chi connectivity index (χ0v) is 24.9. The van der Waals surface area contributed by atoms with Crippen molar-refractivity contribution in [3.8, 4) is 34.1 Å². The summed E-state index contributed by atoms with van der Waals surface area (Å²) in [5.74, 6) is 0.497. The fourth-order valence-electron chi connectivity index (χ4n) is 4.50. The van der Waals surface area contributed by atoms with Crippen LogP contribution < -0.4 is 10.1 Å². The van der Waals surface area contributed by atoms with Crippen LogP contribution in [0.3, 0.4) is 0 Å². The first-order valence-corrected chi connectivity index (χ1v) is 15.6. The van der Waals surface area contributed by atoms with Gasteiger partial charge in [0.05, 0.1) is 27.5 Å². The number of carbonyl (C=O) groups is 1. The predicted molar refractivity (Wildman–Crippen MR) is 165 cm³/mol. The van der Waals surface area contributed by atoms with E-state index in [4.69, 9.17) is 21.3 Å². The van der Waals surface area contributed by atoms with Gasteiger partial charge in [-0.25, -0.2) is 9.19 Å². The molecule has 2 N–H and O–H groups in total. The Labute approximate surface area is 244 Å². The van der Waals surface area contributed by atoms with Gasteiger partial charge in [0.1, 0.15) is 5.75 Å². The van der Waals surface area contributed by atoms with Gasteiger partial charge in [-0.15, -0.1) is 0 Å². The number of carbonyl (C=O) groups excluding carboxylic acids is 1. The molecule has 8 nitrogen and oxygen atoms in total. The summed E-state index contributed by atoms with van der Waals surface area (Å²) in [6.07, 6.45) is 3.23. The van der Waals surface area contributed by atoms with E-state index in [1.807, 2.05) is 86.6 Å². The molecule has 0 radical (unpaired) electrons. The van der Waals surface area contributed by atoms with Gasteiger partial charge in [-0.3, -0.25) is 4.79 Å². The van der Waals surface area contributed by atoms with Gasteiger partial charge in [0.2, 0.25) is 5.91 Å². The molecule has 0 saturated carbocycles. The molecular formula is C31H30ClN5O3S. The minimum Gasteiger partial charge on any atom is -0.426 e. The van der Waals surface area contributed by atoms with E-state index in [0.717, 1.165) is 22.3 Å². The van der Waals surface area contributed by atoms with Gasteiger partial charge < -0.3 is 15.0 Å². The number of aromatic nitrogens is 3. The normalized spacial score (nSPS) is 11.9. The molecular weight excluding hydrogens is 558 g/mol. The number of benzene rings is 3. The number of rotatable bonds is 7. The number of fused-ring (bicyclic) bond motifs is 1. The van der Waals surface area contributed by atoms with Gasteiger partial charge >= 0.3 is 6.01 Å². The highest BCUT2D eigenvalue weighted by molar-refractivity contribution is 7.92. The van der Waals surface area contributed by atoms with Gasteiger partial charge in [-0.2, -0.15) is 9.35 Å². The maximum Gasteiger partial charge on any atom is 0.301 e. The summed E-state index contributed by atoms with van der Waals surface area (Å²) in [6.45, 7) is 5.38. The van der Waals surface area contributed by atoms with E-state index in [1.54, 1.807) is 18.6 Å². The summed E-state index contributed by atoms with van der Waals surface area (Å²) in [5.41, 5.74) is 5.78. The molecule has 0 unspecified atom stereocenters. The van der Waals surface area contributed by atoms with Gasteiger partial charge in [0.15, 0.2) is 5.65 Å². The molecule has 0 bridgehead atoms. The number of nitrogens with zero attached hydrogens (tertiary/aromatic N) is 3. The third-order valence-corrected chi connectivity index (χ3v) is 7.31. The van der Waals surface area contributed by atoms with Crippen LogP contribution in [0.2, 0.25) is 5.02 Å². The zero-order valence-electron chi connectivity index (χ0n) is 23.4. The quantitative estimate of drug-likeness (QED) is 0.205. The molecule has 10 heteroatoms. The van der Waals surface area contributed by atoms with Crippen molar-refractivity contribution < 1.29 is 13.7 Å². The van der Waals surface area contributed by atoms with Crippen LogP contribution in [0.1, 0.15) is 26.3 Å². The summed E-state index contributed by atoms with van der Waals surface area (Å²) < 4.78 is 22.1. The van der Waals surface area contributed by atoms with Crippen LogP contribution in [0, 0.1) is 0 Å². The van der Waals surface area contributed by atoms with Crippen molar-refractivity contribution in [3.63, 3.8) is 0 Å². The Morgan fingerprint density at radius 1 is 0.927 bits per heavy atom. The summed E-state index contributed by atoms with van der Waals surface area (Å²) in [4.78, 5) is 23.8. The monoisotopic (exact) mass is 587 g/mol. The lowest BCUT2D eigenvalue weighted by Crippen LogP contribution is -2.39. The molecule has 0 fully saturated rings. The molecule has 210 valence electrons. The number of pyridine rings is 1. The minimum atomic E-state index is -2.21. The van der Waals surface area contributed by atoms with Crippen LogP contribution in [0.5, 0.6) is 11.8 Å². The number of halogens is 1. The van der Waals surface area contributed by atoms with Crippen molar-refractivity contribution in [3.05, 3.63) is 89.4 Å². The Morgan fingerprint density at radius 2 is 1.51 bits per heavy atom. The van der Waals surface area contributed by atoms with E-state index in [1.165, 1.54) is 6.92 Å². The Morgan fingerprint density at radius 3 is 2.10 bits per heavy atom. The zero-order chi connectivity index (χ0) is 29.4. The SMILES string of the molecule is CC(=O)NC(C)(C)c1ccc(Oc2nc3nc(-c4ccc(-c5ccc(N=S(C)(C)=O)cc5)cc4)c(Cl)cc3[nH]2)cc1. The smallest absolute Gasteiger partial charge is 0.301 e. The Balaban J connectivity index is 1.34. The average molecular weight is 588 g/mol. The molecule has 0 aliphatic rings. The molecule has 3 aromatic carbocycles. The van der Waals surface area contributed by atoms with Crippen molar-refractivity contribution in [2.45, 2.75) is 26.3 Å².